The van der Waals surface area contributed by atoms with Gasteiger partial charge in [0.25, 0.3) is 5.91 Å². The van der Waals surface area contributed by atoms with Crippen molar-refractivity contribution in [3.05, 3.63) is 29.8 Å². The van der Waals surface area contributed by atoms with Crippen molar-refractivity contribution in [3.8, 4) is 5.75 Å². The van der Waals surface area contributed by atoms with Gasteiger partial charge in [-0.25, -0.2) is 0 Å². The number of benzene rings is 1. The van der Waals surface area contributed by atoms with E-state index in [-0.39, 0.29) is 41.9 Å². The highest BCUT2D eigenvalue weighted by Crippen LogP contribution is 2.24. The van der Waals surface area contributed by atoms with Crippen molar-refractivity contribution in [1.29, 1.82) is 0 Å². The van der Waals surface area contributed by atoms with Gasteiger partial charge in [0.15, 0.2) is 0 Å². The first kappa shape index (κ1) is 37.3. The van der Waals surface area contributed by atoms with E-state index in [0.717, 1.165) is 12.8 Å². The number of carbonyl (C=O) groups is 3. The molecule has 5 N–H and O–H groups in total. The summed E-state index contributed by atoms with van der Waals surface area (Å²) in [5.74, 6) is 0.0609. The Morgan fingerprint density at radius 1 is 0.952 bits per heavy atom. The number of aliphatic hydroxyl groups excluding tert-OH is 1. The van der Waals surface area contributed by atoms with Crippen LogP contribution in [0.2, 0.25) is 0 Å². The molecule has 1 rings (SSSR count). The SMILES string of the molecule is COCCCCOc1ccccc1C(=O)NC[C@@H](C[C@H](N)[C@@H](O)C[C@H](C(=O)NCCCC(=O)N(C)C)C(C)C)C(C)C. The number of methoxy groups -OCH3 is 1. The van der Waals surface area contributed by atoms with Crippen LogP contribution in [-0.2, 0) is 14.3 Å². The largest absolute Gasteiger partial charge is 0.493 e. The van der Waals surface area contributed by atoms with E-state index in [4.69, 9.17) is 15.2 Å². The van der Waals surface area contributed by atoms with Crippen LogP contribution in [0.25, 0.3) is 0 Å². The summed E-state index contributed by atoms with van der Waals surface area (Å²) in [6, 6.07) is 6.64. The molecule has 0 radical (unpaired) electrons. The third-order valence-electron chi connectivity index (χ3n) is 7.67. The Morgan fingerprint density at radius 2 is 1.62 bits per heavy atom. The van der Waals surface area contributed by atoms with E-state index in [1.54, 1.807) is 33.3 Å². The number of unbranched alkanes of at least 4 members (excludes halogenated alkanes) is 1. The molecule has 0 heterocycles. The van der Waals surface area contributed by atoms with Gasteiger partial charge in [-0.15, -0.1) is 0 Å². The summed E-state index contributed by atoms with van der Waals surface area (Å²) >= 11 is 0. The molecular formula is C32H56N4O6. The van der Waals surface area contributed by atoms with Gasteiger partial charge in [0.05, 0.1) is 18.3 Å². The number of nitrogens with two attached hydrogens (primary N) is 1. The number of hydrogen-bond acceptors (Lipinski definition) is 7. The second-order valence-electron chi connectivity index (χ2n) is 12.0. The molecule has 1 aromatic carbocycles. The summed E-state index contributed by atoms with van der Waals surface area (Å²) in [7, 11) is 5.09. The van der Waals surface area contributed by atoms with Crippen molar-refractivity contribution in [2.45, 2.75) is 78.4 Å². The minimum absolute atomic E-state index is 0.0118. The highest BCUT2D eigenvalue weighted by atomic mass is 16.5. The number of nitrogens with one attached hydrogen (secondary N) is 2. The number of rotatable bonds is 21. The summed E-state index contributed by atoms with van der Waals surface area (Å²) in [4.78, 5) is 39.2. The topological polar surface area (TPSA) is 143 Å². The molecule has 10 heteroatoms. The van der Waals surface area contributed by atoms with Crippen LogP contribution < -0.4 is 21.1 Å². The Balaban J connectivity index is 2.67. The van der Waals surface area contributed by atoms with Gasteiger partial charge in [-0.05, 0) is 62.0 Å². The van der Waals surface area contributed by atoms with E-state index in [9.17, 15) is 19.5 Å². The zero-order valence-electron chi connectivity index (χ0n) is 26.9. The zero-order valence-corrected chi connectivity index (χ0v) is 26.9. The molecule has 10 nitrogen and oxygen atoms in total. The van der Waals surface area contributed by atoms with Gasteiger partial charge in [-0.3, -0.25) is 14.4 Å². The smallest absolute Gasteiger partial charge is 0.255 e. The highest BCUT2D eigenvalue weighted by Gasteiger charge is 2.30. The molecule has 3 amide bonds. The molecule has 0 aromatic heterocycles. The Labute approximate surface area is 253 Å². The number of aliphatic hydroxyl groups is 1. The van der Waals surface area contributed by atoms with Gasteiger partial charge >= 0.3 is 0 Å². The van der Waals surface area contributed by atoms with Gasteiger partial charge in [0.1, 0.15) is 5.75 Å². The van der Waals surface area contributed by atoms with Crippen LogP contribution in [0.15, 0.2) is 24.3 Å². The normalized spacial score (nSPS) is 14.3. The fraction of sp³-hybridized carbons (Fsp3) is 0.719. The Kier molecular flexibility index (Phi) is 18.0. The second-order valence-corrected chi connectivity index (χ2v) is 12.0. The molecular weight excluding hydrogens is 536 g/mol. The first-order chi connectivity index (χ1) is 19.9. The maximum atomic E-state index is 13.1. The van der Waals surface area contributed by atoms with E-state index in [1.165, 1.54) is 4.90 Å². The third-order valence-corrected chi connectivity index (χ3v) is 7.67. The van der Waals surface area contributed by atoms with E-state index < -0.39 is 18.1 Å². The predicted molar refractivity (Wildman–Crippen MR) is 166 cm³/mol. The zero-order chi connectivity index (χ0) is 31.7. The molecule has 240 valence electrons. The van der Waals surface area contributed by atoms with Crippen molar-refractivity contribution in [3.63, 3.8) is 0 Å². The standard InChI is InChI=1S/C32H56N4O6/c1-22(2)24(21-35-31(39)25-13-8-9-14-29(25)42-18-11-10-17-41-7)19-27(33)28(37)20-26(23(3)4)32(40)34-16-12-15-30(38)36(5)6/h8-9,13-14,22-24,26-28,37H,10-12,15-21,33H2,1-7H3,(H,34,40)(H,35,39)/t24-,26+,27+,28+/m1/s1. The van der Waals surface area contributed by atoms with E-state index >= 15 is 0 Å². The molecule has 1 aromatic rings. The van der Waals surface area contributed by atoms with Gasteiger partial charge in [0.2, 0.25) is 11.8 Å². The predicted octanol–water partition coefficient (Wildman–Crippen LogP) is 3.22. The average Bonchev–Trinajstić information content (AvgIpc) is 2.95. The number of nitrogens with zero attached hydrogens (tertiary/aromatic N) is 1. The van der Waals surface area contributed by atoms with Gasteiger partial charge in [-0.2, -0.15) is 0 Å². The number of ether oxygens (including phenoxy) is 2. The van der Waals surface area contributed by atoms with Crippen LogP contribution >= 0.6 is 0 Å². The molecule has 0 spiro atoms. The molecule has 0 bridgehead atoms. The maximum Gasteiger partial charge on any atom is 0.255 e. The molecule has 4 atom stereocenters. The number of carbonyl (C=O) groups excluding carboxylic acids is 3. The molecule has 0 aliphatic heterocycles. The van der Waals surface area contributed by atoms with E-state index in [0.29, 0.717) is 56.9 Å². The minimum Gasteiger partial charge on any atom is -0.493 e. The summed E-state index contributed by atoms with van der Waals surface area (Å²) < 4.78 is 10.9. The third kappa shape index (κ3) is 14.0. The van der Waals surface area contributed by atoms with E-state index in [2.05, 4.69) is 24.5 Å². The first-order valence-corrected chi connectivity index (χ1v) is 15.3. The number of hydrogen-bond donors (Lipinski definition) is 4. The van der Waals surface area contributed by atoms with Crippen molar-refractivity contribution < 1.29 is 29.0 Å². The lowest BCUT2D eigenvalue weighted by Crippen LogP contribution is -2.44. The van der Waals surface area contributed by atoms with Gasteiger partial charge < -0.3 is 35.8 Å². The fourth-order valence-electron chi connectivity index (χ4n) is 4.65. The van der Waals surface area contributed by atoms with Crippen molar-refractivity contribution >= 4 is 17.7 Å². The Morgan fingerprint density at radius 3 is 2.24 bits per heavy atom. The number of para-hydroxylation sites is 1. The van der Waals surface area contributed by atoms with E-state index in [1.807, 2.05) is 26.0 Å². The van der Waals surface area contributed by atoms with Crippen LogP contribution in [0.1, 0.15) is 76.6 Å². The molecule has 0 saturated carbocycles. The fourth-order valence-corrected chi connectivity index (χ4v) is 4.65. The first-order valence-electron chi connectivity index (χ1n) is 15.3. The lowest BCUT2D eigenvalue weighted by Gasteiger charge is -2.30. The Hall–Kier alpha value is -2.69. The molecule has 0 saturated heterocycles. The lowest BCUT2D eigenvalue weighted by molar-refractivity contribution is -0.130. The molecule has 42 heavy (non-hydrogen) atoms. The van der Waals surface area contributed by atoms with Gasteiger partial charge in [0, 0.05) is 59.3 Å². The van der Waals surface area contributed by atoms with Crippen molar-refractivity contribution in [2.75, 3.05) is 47.5 Å². The number of amides is 3. The lowest BCUT2D eigenvalue weighted by atomic mass is 9.83. The summed E-state index contributed by atoms with van der Waals surface area (Å²) in [5.41, 5.74) is 6.93. The quantitative estimate of drug-likeness (QED) is 0.161. The second kappa shape index (κ2) is 20.3. The van der Waals surface area contributed by atoms with Crippen LogP contribution in [-0.4, -0.2) is 87.4 Å². The van der Waals surface area contributed by atoms with Crippen LogP contribution in [0.5, 0.6) is 5.75 Å². The molecule has 0 aliphatic carbocycles. The minimum atomic E-state index is -0.873. The monoisotopic (exact) mass is 592 g/mol. The van der Waals surface area contributed by atoms with Crippen LogP contribution in [0, 0.1) is 23.7 Å². The highest BCUT2D eigenvalue weighted by molar-refractivity contribution is 5.96. The van der Waals surface area contributed by atoms with Crippen molar-refractivity contribution in [1.82, 2.24) is 15.5 Å². The molecule has 0 aliphatic rings. The average molecular weight is 593 g/mol. The summed E-state index contributed by atoms with van der Waals surface area (Å²) in [6.45, 7) is 10.0. The van der Waals surface area contributed by atoms with Crippen molar-refractivity contribution in [2.24, 2.45) is 29.4 Å². The Bertz CT molecular complexity index is 939. The molecule has 0 fully saturated rings. The van der Waals surface area contributed by atoms with Gasteiger partial charge in [-0.1, -0.05) is 39.8 Å². The summed E-state index contributed by atoms with van der Waals surface area (Å²) in [6.07, 6.45) is 2.51. The maximum absolute atomic E-state index is 13.1. The van der Waals surface area contributed by atoms with Crippen LogP contribution in [0.3, 0.4) is 0 Å². The van der Waals surface area contributed by atoms with Crippen LogP contribution in [0.4, 0.5) is 0 Å². The summed E-state index contributed by atoms with van der Waals surface area (Å²) in [5, 5.41) is 16.9. The molecule has 0 unspecified atom stereocenters.